The lowest BCUT2D eigenvalue weighted by Gasteiger charge is -1.97. The molecule has 15 heavy (non-hydrogen) atoms. The zero-order chi connectivity index (χ0) is 10.3. The highest BCUT2D eigenvalue weighted by molar-refractivity contribution is 7.13. The van der Waals surface area contributed by atoms with Gasteiger partial charge in [0.25, 0.3) is 0 Å². The van der Waals surface area contributed by atoms with Crippen molar-refractivity contribution in [3.8, 4) is 10.4 Å². The SMILES string of the molecule is Nc1n[nH]c2ccc(-c3cccs3)cc12. The monoisotopic (exact) mass is 215 g/mol. The Bertz CT molecular complexity index is 595. The van der Waals surface area contributed by atoms with Gasteiger partial charge in [0, 0.05) is 10.3 Å². The van der Waals surface area contributed by atoms with Gasteiger partial charge in [-0.3, -0.25) is 5.10 Å². The summed E-state index contributed by atoms with van der Waals surface area (Å²) >= 11 is 1.72. The molecule has 0 amide bonds. The summed E-state index contributed by atoms with van der Waals surface area (Å²) in [7, 11) is 0. The zero-order valence-corrected chi connectivity index (χ0v) is 8.71. The fraction of sp³-hybridized carbons (Fsp3) is 0. The highest BCUT2D eigenvalue weighted by atomic mass is 32.1. The van der Waals surface area contributed by atoms with Crippen LogP contribution in [0.1, 0.15) is 0 Å². The molecular weight excluding hydrogens is 206 g/mol. The number of fused-ring (bicyclic) bond motifs is 1. The molecule has 0 fully saturated rings. The number of rotatable bonds is 1. The Kier molecular flexibility index (Phi) is 1.76. The quantitative estimate of drug-likeness (QED) is 0.655. The lowest BCUT2D eigenvalue weighted by atomic mass is 10.1. The molecular formula is C11H9N3S. The number of thiophene rings is 1. The van der Waals surface area contributed by atoms with Gasteiger partial charge in [0.15, 0.2) is 5.82 Å². The van der Waals surface area contributed by atoms with Crippen molar-refractivity contribution >= 4 is 28.1 Å². The van der Waals surface area contributed by atoms with Gasteiger partial charge in [-0.25, -0.2) is 0 Å². The first-order valence-corrected chi connectivity index (χ1v) is 5.50. The second-order valence-electron chi connectivity index (χ2n) is 3.35. The second-order valence-corrected chi connectivity index (χ2v) is 4.29. The number of benzene rings is 1. The standard InChI is InChI=1S/C11H9N3S/c12-11-8-6-7(10-2-1-5-15-10)3-4-9(8)13-14-11/h1-6H,(H3,12,13,14). The summed E-state index contributed by atoms with van der Waals surface area (Å²) < 4.78 is 0. The molecule has 0 aliphatic rings. The first kappa shape index (κ1) is 8.49. The molecule has 0 unspecified atom stereocenters. The number of nitrogen functional groups attached to an aromatic ring is 1. The molecule has 0 atom stereocenters. The van der Waals surface area contributed by atoms with E-state index in [9.17, 15) is 0 Å². The largest absolute Gasteiger partial charge is 0.382 e. The van der Waals surface area contributed by atoms with Crippen LogP contribution in [0.3, 0.4) is 0 Å². The van der Waals surface area contributed by atoms with Crippen LogP contribution < -0.4 is 5.73 Å². The van der Waals surface area contributed by atoms with Gasteiger partial charge in [-0.1, -0.05) is 12.1 Å². The zero-order valence-electron chi connectivity index (χ0n) is 7.90. The maximum absolute atomic E-state index is 5.76. The summed E-state index contributed by atoms with van der Waals surface area (Å²) in [4.78, 5) is 1.25. The molecule has 3 rings (SSSR count). The van der Waals surface area contributed by atoms with Crippen molar-refractivity contribution in [1.82, 2.24) is 10.2 Å². The molecule has 0 aliphatic carbocycles. The minimum atomic E-state index is 0.559. The summed E-state index contributed by atoms with van der Waals surface area (Å²) in [5.41, 5.74) is 7.92. The van der Waals surface area contributed by atoms with E-state index in [1.54, 1.807) is 11.3 Å². The minimum Gasteiger partial charge on any atom is -0.382 e. The lowest BCUT2D eigenvalue weighted by molar-refractivity contribution is 1.13. The van der Waals surface area contributed by atoms with Crippen LogP contribution in [0.5, 0.6) is 0 Å². The molecule has 0 aliphatic heterocycles. The van der Waals surface area contributed by atoms with E-state index in [0.717, 1.165) is 10.9 Å². The van der Waals surface area contributed by atoms with Crippen LogP contribution in [0, 0.1) is 0 Å². The number of nitrogens with zero attached hydrogens (tertiary/aromatic N) is 1. The molecule has 4 heteroatoms. The van der Waals surface area contributed by atoms with Gasteiger partial charge < -0.3 is 5.73 Å². The van der Waals surface area contributed by atoms with Crippen molar-refractivity contribution in [2.24, 2.45) is 0 Å². The number of hydrogen-bond acceptors (Lipinski definition) is 3. The van der Waals surface area contributed by atoms with Crippen LogP contribution in [0.4, 0.5) is 5.82 Å². The second kappa shape index (κ2) is 3.10. The van der Waals surface area contributed by atoms with Gasteiger partial charge in [0.05, 0.1) is 5.52 Å². The maximum atomic E-state index is 5.76. The molecule has 3 N–H and O–H groups in total. The normalized spacial score (nSPS) is 10.9. The fourth-order valence-electron chi connectivity index (χ4n) is 1.63. The molecule has 2 aromatic heterocycles. The molecule has 0 spiro atoms. The summed E-state index contributed by atoms with van der Waals surface area (Å²) in [5.74, 6) is 0.559. The highest BCUT2D eigenvalue weighted by Gasteiger charge is 2.04. The molecule has 74 valence electrons. The summed E-state index contributed by atoms with van der Waals surface area (Å²) in [6, 6.07) is 10.3. The van der Waals surface area contributed by atoms with Gasteiger partial charge in [0.1, 0.15) is 0 Å². The van der Waals surface area contributed by atoms with E-state index in [1.807, 2.05) is 12.1 Å². The van der Waals surface area contributed by atoms with E-state index in [1.165, 1.54) is 10.4 Å². The van der Waals surface area contributed by atoms with Gasteiger partial charge in [-0.2, -0.15) is 5.10 Å². The molecule has 0 radical (unpaired) electrons. The van der Waals surface area contributed by atoms with Crippen LogP contribution in [0.25, 0.3) is 21.3 Å². The van der Waals surface area contributed by atoms with E-state index in [4.69, 9.17) is 5.73 Å². The third kappa shape index (κ3) is 1.30. The van der Waals surface area contributed by atoms with Gasteiger partial charge in [-0.15, -0.1) is 11.3 Å². The summed E-state index contributed by atoms with van der Waals surface area (Å²) in [6.07, 6.45) is 0. The van der Waals surface area contributed by atoms with Crippen LogP contribution in [0.2, 0.25) is 0 Å². The lowest BCUT2D eigenvalue weighted by Crippen LogP contribution is -1.83. The number of hydrogen-bond donors (Lipinski definition) is 2. The van der Waals surface area contributed by atoms with Crippen molar-refractivity contribution < 1.29 is 0 Å². The average Bonchev–Trinajstić information content (AvgIpc) is 2.88. The van der Waals surface area contributed by atoms with Crippen molar-refractivity contribution in [3.63, 3.8) is 0 Å². The first-order valence-electron chi connectivity index (χ1n) is 4.62. The molecule has 0 saturated carbocycles. The van der Waals surface area contributed by atoms with Gasteiger partial charge >= 0.3 is 0 Å². The van der Waals surface area contributed by atoms with E-state index < -0.39 is 0 Å². The Morgan fingerprint density at radius 1 is 1.27 bits per heavy atom. The Morgan fingerprint density at radius 3 is 3.00 bits per heavy atom. The van der Waals surface area contributed by atoms with Crippen molar-refractivity contribution in [2.45, 2.75) is 0 Å². The molecule has 0 saturated heterocycles. The van der Waals surface area contributed by atoms with Gasteiger partial charge in [0.2, 0.25) is 0 Å². The molecule has 3 aromatic rings. The average molecular weight is 215 g/mol. The van der Waals surface area contributed by atoms with E-state index in [-0.39, 0.29) is 0 Å². The molecule has 3 nitrogen and oxygen atoms in total. The first-order chi connectivity index (χ1) is 7.34. The molecule has 2 heterocycles. The highest BCUT2D eigenvalue weighted by Crippen LogP contribution is 2.28. The number of aromatic amines is 1. The van der Waals surface area contributed by atoms with Crippen molar-refractivity contribution in [2.75, 3.05) is 5.73 Å². The third-order valence-electron chi connectivity index (χ3n) is 2.40. The number of aromatic nitrogens is 2. The predicted molar refractivity (Wildman–Crippen MR) is 63.8 cm³/mol. The van der Waals surface area contributed by atoms with Crippen molar-refractivity contribution in [3.05, 3.63) is 35.7 Å². The molecule has 0 bridgehead atoms. The Hall–Kier alpha value is -1.81. The van der Waals surface area contributed by atoms with Crippen LogP contribution in [-0.2, 0) is 0 Å². The van der Waals surface area contributed by atoms with Crippen LogP contribution in [-0.4, -0.2) is 10.2 Å². The van der Waals surface area contributed by atoms with Gasteiger partial charge in [-0.05, 0) is 29.1 Å². The van der Waals surface area contributed by atoms with E-state index in [0.29, 0.717) is 5.82 Å². The van der Waals surface area contributed by atoms with Crippen LogP contribution >= 0.6 is 11.3 Å². The number of nitrogens with one attached hydrogen (secondary N) is 1. The maximum Gasteiger partial charge on any atom is 0.153 e. The van der Waals surface area contributed by atoms with E-state index >= 15 is 0 Å². The van der Waals surface area contributed by atoms with Crippen molar-refractivity contribution in [1.29, 1.82) is 0 Å². The Labute approximate surface area is 90.5 Å². The van der Waals surface area contributed by atoms with Crippen LogP contribution in [0.15, 0.2) is 35.7 Å². The summed E-state index contributed by atoms with van der Waals surface area (Å²) in [6.45, 7) is 0. The predicted octanol–water partition coefficient (Wildman–Crippen LogP) is 2.87. The fourth-order valence-corrected chi connectivity index (χ4v) is 2.35. The topological polar surface area (TPSA) is 54.7 Å². The number of anilines is 1. The third-order valence-corrected chi connectivity index (χ3v) is 3.32. The number of nitrogens with two attached hydrogens (primary N) is 1. The van der Waals surface area contributed by atoms with E-state index in [2.05, 4.69) is 33.8 Å². The molecule has 1 aromatic carbocycles. The smallest absolute Gasteiger partial charge is 0.153 e. The minimum absolute atomic E-state index is 0.559. The Balaban J connectivity index is 2.25. The Morgan fingerprint density at radius 2 is 2.20 bits per heavy atom. The summed E-state index contributed by atoms with van der Waals surface area (Å²) in [5, 5.41) is 9.92. The number of H-pyrrole nitrogens is 1.